The second-order valence-corrected chi connectivity index (χ2v) is 5.87. The highest BCUT2D eigenvalue weighted by Gasteiger charge is 2.57. The Labute approximate surface area is 96.7 Å². The van der Waals surface area contributed by atoms with Crippen molar-refractivity contribution in [3.05, 3.63) is 11.1 Å². The molecule has 2 heteroatoms. The molecule has 1 N–H and O–H groups in total. The van der Waals surface area contributed by atoms with Crippen molar-refractivity contribution in [2.75, 3.05) is 0 Å². The number of hydrogen-bond donors (Lipinski definition) is 1. The number of hydrogen-bond acceptors (Lipinski definition) is 1. The Balaban J connectivity index is 1.64. The zero-order valence-electron chi connectivity index (χ0n) is 9.91. The fourth-order valence-electron chi connectivity index (χ4n) is 4.06. The standard InChI is InChI=1S/C14H20O2/c1-2-3-8-4-9-6-11-12(7-10(9)5-8)13(11)14(15)16/h8,11-13H,2-7H2,1H3,(H,15,16)/t8?,11-,12+,13?. The number of allylic oxidation sites excluding steroid dienone is 2. The van der Waals surface area contributed by atoms with Crippen LogP contribution in [0, 0.1) is 23.7 Å². The molecule has 0 aromatic carbocycles. The zero-order valence-corrected chi connectivity index (χ0v) is 9.91. The molecule has 16 heavy (non-hydrogen) atoms. The molecule has 0 aromatic heterocycles. The van der Waals surface area contributed by atoms with Crippen molar-refractivity contribution in [2.45, 2.75) is 45.4 Å². The van der Waals surface area contributed by atoms with E-state index >= 15 is 0 Å². The van der Waals surface area contributed by atoms with Crippen LogP contribution in [0.2, 0.25) is 0 Å². The Morgan fingerprint density at radius 2 is 1.75 bits per heavy atom. The lowest BCUT2D eigenvalue weighted by Crippen LogP contribution is -2.01. The summed E-state index contributed by atoms with van der Waals surface area (Å²) in [5, 5.41) is 9.07. The van der Waals surface area contributed by atoms with Crippen molar-refractivity contribution in [1.82, 2.24) is 0 Å². The predicted molar refractivity (Wildman–Crippen MR) is 62.0 cm³/mol. The molecule has 2 nitrogen and oxygen atoms in total. The van der Waals surface area contributed by atoms with Crippen LogP contribution in [0.15, 0.2) is 11.1 Å². The first-order chi connectivity index (χ1) is 7.70. The largest absolute Gasteiger partial charge is 0.481 e. The van der Waals surface area contributed by atoms with E-state index in [1.807, 2.05) is 0 Å². The monoisotopic (exact) mass is 220 g/mol. The molecule has 3 rings (SSSR count). The maximum absolute atomic E-state index is 11.0. The Hall–Kier alpha value is -0.790. The minimum atomic E-state index is -0.554. The molecule has 1 saturated carbocycles. The van der Waals surface area contributed by atoms with E-state index in [-0.39, 0.29) is 5.92 Å². The average molecular weight is 220 g/mol. The molecule has 0 aromatic rings. The minimum Gasteiger partial charge on any atom is -0.481 e. The van der Waals surface area contributed by atoms with Gasteiger partial charge in [-0.25, -0.2) is 0 Å². The van der Waals surface area contributed by atoms with E-state index in [0.717, 1.165) is 18.8 Å². The Bertz CT molecular complexity index is 332. The first kappa shape index (κ1) is 10.4. The second-order valence-electron chi connectivity index (χ2n) is 5.87. The summed E-state index contributed by atoms with van der Waals surface area (Å²) in [5.41, 5.74) is 3.28. The normalized spacial score (nSPS) is 40.6. The van der Waals surface area contributed by atoms with E-state index < -0.39 is 5.97 Å². The molecule has 2 unspecified atom stereocenters. The van der Waals surface area contributed by atoms with Gasteiger partial charge < -0.3 is 5.11 Å². The van der Waals surface area contributed by atoms with Crippen molar-refractivity contribution in [2.24, 2.45) is 23.7 Å². The van der Waals surface area contributed by atoms with Crippen LogP contribution in [-0.2, 0) is 4.79 Å². The van der Waals surface area contributed by atoms with Gasteiger partial charge in [0.15, 0.2) is 0 Å². The number of carbonyl (C=O) groups is 1. The number of rotatable bonds is 3. The molecule has 0 bridgehead atoms. The van der Waals surface area contributed by atoms with E-state index in [4.69, 9.17) is 5.11 Å². The average Bonchev–Trinajstić information content (AvgIpc) is 2.77. The smallest absolute Gasteiger partial charge is 0.307 e. The van der Waals surface area contributed by atoms with Crippen LogP contribution < -0.4 is 0 Å². The van der Waals surface area contributed by atoms with Crippen LogP contribution in [0.25, 0.3) is 0 Å². The Morgan fingerprint density at radius 1 is 1.19 bits per heavy atom. The van der Waals surface area contributed by atoms with Crippen molar-refractivity contribution < 1.29 is 9.90 Å². The summed E-state index contributed by atoms with van der Waals surface area (Å²) in [6.07, 6.45) is 7.41. The molecular formula is C14H20O2. The summed E-state index contributed by atoms with van der Waals surface area (Å²) in [4.78, 5) is 11.0. The quantitative estimate of drug-likeness (QED) is 0.741. The molecule has 0 heterocycles. The fourth-order valence-corrected chi connectivity index (χ4v) is 4.06. The molecule has 4 atom stereocenters. The minimum absolute atomic E-state index is 0.00442. The summed E-state index contributed by atoms with van der Waals surface area (Å²) in [7, 11) is 0. The van der Waals surface area contributed by atoms with Gasteiger partial charge in [-0.2, -0.15) is 0 Å². The molecule has 0 radical (unpaired) electrons. The van der Waals surface area contributed by atoms with Crippen LogP contribution in [0.3, 0.4) is 0 Å². The van der Waals surface area contributed by atoms with Gasteiger partial charge in [0.1, 0.15) is 0 Å². The lowest BCUT2D eigenvalue weighted by Gasteiger charge is -2.11. The van der Waals surface area contributed by atoms with E-state index in [9.17, 15) is 4.79 Å². The molecule has 0 saturated heterocycles. The maximum Gasteiger partial charge on any atom is 0.307 e. The van der Waals surface area contributed by atoms with Crippen LogP contribution in [0.4, 0.5) is 0 Å². The zero-order chi connectivity index (χ0) is 11.3. The summed E-state index contributed by atoms with van der Waals surface area (Å²) in [6, 6.07) is 0. The summed E-state index contributed by atoms with van der Waals surface area (Å²) >= 11 is 0. The van der Waals surface area contributed by atoms with Gasteiger partial charge in [-0.15, -0.1) is 0 Å². The van der Waals surface area contributed by atoms with Crippen molar-refractivity contribution in [1.29, 1.82) is 0 Å². The lowest BCUT2D eigenvalue weighted by molar-refractivity contribution is -0.139. The number of aliphatic carboxylic acids is 1. The molecule has 0 spiro atoms. The van der Waals surface area contributed by atoms with Crippen molar-refractivity contribution >= 4 is 5.97 Å². The molecule has 3 aliphatic rings. The van der Waals surface area contributed by atoms with E-state index in [1.54, 1.807) is 11.1 Å². The van der Waals surface area contributed by atoms with E-state index in [2.05, 4.69) is 6.92 Å². The van der Waals surface area contributed by atoms with Gasteiger partial charge in [-0.1, -0.05) is 30.9 Å². The summed E-state index contributed by atoms with van der Waals surface area (Å²) < 4.78 is 0. The SMILES string of the molecule is CCCC1CC2=C(C1)C[C@H]1C(C(=O)O)[C@H]1C2. The third-order valence-corrected chi connectivity index (χ3v) is 4.85. The molecule has 3 aliphatic carbocycles. The maximum atomic E-state index is 11.0. The molecule has 1 fully saturated rings. The number of carboxylic acid groups (broad SMARTS) is 1. The Kier molecular flexibility index (Phi) is 2.34. The van der Waals surface area contributed by atoms with E-state index in [0.29, 0.717) is 11.8 Å². The van der Waals surface area contributed by atoms with E-state index in [1.165, 1.54) is 25.7 Å². The number of carboxylic acids is 1. The summed E-state index contributed by atoms with van der Waals surface area (Å²) in [6.45, 7) is 2.26. The van der Waals surface area contributed by atoms with Crippen molar-refractivity contribution in [3.63, 3.8) is 0 Å². The van der Waals surface area contributed by atoms with Gasteiger partial charge in [0.2, 0.25) is 0 Å². The van der Waals surface area contributed by atoms with Gasteiger partial charge in [0.25, 0.3) is 0 Å². The van der Waals surface area contributed by atoms with Crippen LogP contribution in [0.1, 0.15) is 45.4 Å². The van der Waals surface area contributed by atoms with Crippen molar-refractivity contribution in [3.8, 4) is 0 Å². The van der Waals surface area contributed by atoms with Crippen LogP contribution in [-0.4, -0.2) is 11.1 Å². The number of fused-ring (bicyclic) bond motifs is 1. The highest BCUT2D eigenvalue weighted by Crippen LogP contribution is 2.60. The van der Waals surface area contributed by atoms with Gasteiger partial charge in [0.05, 0.1) is 5.92 Å². The van der Waals surface area contributed by atoms with Gasteiger partial charge >= 0.3 is 5.97 Å². The molecule has 0 amide bonds. The van der Waals surface area contributed by atoms with Crippen LogP contribution >= 0.6 is 0 Å². The fraction of sp³-hybridized carbons (Fsp3) is 0.786. The Morgan fingerprint density at radius 3 is 2.19 bits per heavy atom. The first-order valence-corrected chi connectivity index (χ1v) is 6.63. The third-order valence-electron chi connectivity index (χ3n) is 4.85. The summed E-state index contributed by atoms with van der Waals surface area (Å²) in [5.74, 6) is 1.32. The lowest BCUT2D eigenvalue weighted by atomic mass is 9.94. The highest BCUT2D eigenvalue weighted by molar-refractivity contribution is 5.74. The molecular weight excluding hydrogens is 200 g/mol. The van der Waals surface area contributed by atoms with Gasteiger partial charge in [0, 0.05) is 0 Å². The topological polar surface area (TPSA) is 37.3 Å². The van der Waals surface area contributed by atoms with Gasteiger partial charge in [-0.3, -0.25) is 4.79 Å². The van der Waals surface area contributed by atoms with Crippen LogP contribution in [0.5, 0.6) is 0 Å². The van der Waals surface area contributed by atoms with Gasteiger partial charge in [-0.05, 0) is 43.4 Å². The molecule has 0 aliphatic heterocycles. The second kappa shape index (κ2) is 3.61. The molecule has 88 valence electrons. The third kappa shape index (κ3) is 1.50. The highest BCUT2D eigenvalue weighted by atomic mass is 16.4. The predicted octanol–water partition coefficient (Wildman–Crippen LogP) is 3.23. The first-order valence-electron chi connectivity index (χ1n) is 6.63.